The number of aromatic nitrogens is 1. The van der Waals surface area contributed by atoms with E-state index in [1.54, 1.807) is 6.92 Å². The van der Waals surface area contributed by atoms with Crippen molar-refractivity contribution in [3.8, 4) is 0 Å². The van der Waals surface area contributed by atoms with Gasteiger partial charge in [-0.25, -0.2) is 8.42 Å². The second-order valence-corrected chi connectivity index (χ2v) is 5.32. The van der Waals surface area contributed by atoms with Crippen LogP contribution < -0.4 is 5.56 Å². The molecule has 0 atom stereocenters. The molecule has 0 aliphatic rings. The van der Waals surface area contributed by atoms with Crippen molar-refractivity contribution in [1.29, 1.82) is 0 Å². The Morgan fingerprint density at radius 2 is 2.00 bits per heavy atom. The molecule has 0 radical (unpaired) electrons. The molecule has 0 aliphatic carbocycles. The molecule has 1 N–H and O–H groups in total. The first-order valence-corrected chi connectivity index (χ1v) is 6.65. The third-order valence-corrected chi connectivity index (χ3v) is 4.19. The summed E-state index contributed by atoms with van der Waals surface area (Å²) in [4.78, 5) is 13.3. The quantitative estimate of drug-likeness (QED) is 0.832. The van der Waals surface area contributed by atoms with Gasteiger partial charge in [0.25, 0.3) is 0 Å². The van der Waals surface area contributed by atoms with Crippen molar-refractivity contribution < 1.29 is 8.42 Å². The summed E-state index contributed by atoms with van der Waals surface area (Å²) in [7, 11) is -3.47. The first kappa shape index (κ1) is 12.9. The van der Waals surface area contributed by atoms with Gasteiger partial charge in [-0.2, -0.15) is 4.31 Å². The van der Waals surface area contributed by atoms with Crippen molar-refractivity contribution in [2.75, 3.05) is 13.1 Å². The summed E-state index contributed by atoms with van der Waals surface area (Å²) in [6.45, 7) is 4.62. The molecular weight excluding hydrogens is 228 g/mol. The summed E-state index contributed by atoms with van der Waals surface area (Å²) in [5.74, 6) is 0. The van der Waals surface area contributed by atoms with Gasteiger partial charge in [0.15, 0.2) is 0 Å². The Bertz CT molecular complexity index is 473. The summed E-state index contributed by atoms with van der Waals surface area (Å²) in [5, 5.41) is 0. The van der Waals surface area contributed by atoms with Gasteiger partial charge in [-0.3, -0.25) is 4.79 Å². The molecule has 0 fully saturated rings. The van der Waals surface area contributed by atoms with Crippen molar-refractivity contribution in [3.05, 3.63) is 28.7 Å². The van der Waals surface area contributed by atoms with Crippen LogP contribution in [-0.2, 0) is 10.0 Å². The topological polar surface area (TPSA) is 70.2 Å². The normalized spacial score (nSPS) is 11.9. The molecule has 0 unspecified atom stereocenters. The second-order valence-electron chi connectivity index (χ2n) is 3.39. The van der Waals surface area contributed by atoms with E-state index in [0.717, 1.165) is 6.42 Å². The maximum atomic E-state index is 12.1. The van der Waals surface area contributed by atoms with Crippen LogP contribution in [0.15, 0.2) is 28.0 Å². The zero-order valence-corrected chi connectivity index (χ0v) is 10.3. The maximum Gasteiger partial charge on any atom is 0.247 e. The largest absolute Gasteiger partial charge is 0.328 e. The highest BCUT2D eigenvalue weighted by atomic mass is 32.2. The molecule has 5 nitrogen and oxygen atoms in total. The fourth-order valence-corrected chi connectivity index (χ4v) is 2.91. The Morgan fingerprint density at radius 3 is 2.44 bits per heavy atom. The Labute approximate surface area is 95.2 Å². The highest BCUT2D eigenvalue weighted by molar-refractivity contribution is 7.89. The fourth-order valence-electron chi connectivity index (χ4n) is 1.40. The Morgan fingerprint density at radius 1 is 1.31 bits per heavy atom. The van der Waals surface area contributed by atoms with Gasteiger partial charge in [0, 0.05) is 25.4 Å². The van der Waals surface area contributed by atoms with Crippen molar-refractivity contribution in [2.45, 2.75) is 25.2 Å². The minimum absolute atomic E-state index is 0.127. The van der Waals surface area contributed by atoms with Crippen molar-refractivity contribution in [3.63, 3.8) is 0 Å². The van der Waals surface area contributed by atoms with E-state index in [1.165, 1.54) is 22.6 Å². The predicted octanol–water partition coefficient (Wildman–Crippen LogP) is 0.795. The van der Waals surface area contributed by atoms with Gasteiger partial charge >= 0.3 is 0 Å². The van der Waals surface area contributed by atoms with E-state index in [0.29, 0.717) is 13.1 Å². The number of H-pyrrole nitrogens is 1. The van der Waals surface area contributed by atoms with E-state index < -0.39 is 10.0 Å². The first-order chi connectivity index (χ1) is 7.52. The fraction of sp³-hybridized carbons (Fsp3) is 0.500. The molecule has 16 heavy (non-hydrogen) atoms. The molecular formula is C10H16N2O3S. The molecule has 0 saturated heterocycles. The lowest BCUT2D eigenvalue weighted by molar-refractivity contribution is 0.427. The number of rotatable bonds is 5. The van der Waals surface area contributed by atoms with Crippen LogP contribution in [0, 0.1) is 0 Å². The van der Waals surface area contributed by atoms with Gasteiger partial charge in [0.1, 0.15) is 0 Å². The minimum Gasteiger partial charge on any atom is -0.328 e. The summed E-state index contributed by atoms with van der Waals surface area (Å²) in [6, 6.07) is 2.54. The molecule has 1 aromatic rings. The molecule has 1 rings (SSSR count). The van der Waals surface area contributed by atoms with E-state index in [4.69, 9.17) is 0 Å². The number of hydrogen-bond donors (Lipinski definition) is 1. The highest BCUT2D eigenvalue weighted by Gasteiger charge is 2.21. The molecule has 0 amide bonds. The molecule has 0 spiro atoms. The summed E-state index contributed by atoms with van der Waals surface area (Å²) in [6.07, 6.45) is 1.99. The number of hydrogen-bond acceptors (Lipinski definition) is 3. The molecule has 0 bridgehead atoms. The van der Waals surface area contributed by atoms with Crippen LogP contribution in [0.2, 0.25) is 0 Å². The Balaban J connectivity index is 3.09. The van der Waals surface area contributed by atoms with Crippen LogP contribution >= 0.6 is 0 Å². The minimum atomic E-state index is -3.47. The lowest BCUT2D eigenvalue weighted by Gasteiger charge is -2.19. The van der Waals surface area contributed by atoms with Gasteiger partial charge in [-0.05, 0) is 12.5 Å². The van der Waals surface area contributed by atoms with Gasteiger partial charge in [0.2, 0.25) is 15.6 Å². The monoisotopic (exact) mass is 244 g/mol. The summed E-state index contributed by atoms with van der Waals surface area (Å²) < 4.78 is 25.5. The van der Waals surface area contributed by atoms with Crippen molar-refractivity contribution in [1.82, 2.24) is 9.29 Å². The third kappa shape index (κ3) is 2.70. The maximum absolute atomic E-state index is 12.1. The lowest BCUT2D eigenvalue weighted by Crippen LogP contribution is -2.31. The van der Waals surface area contributed by atoms with Crippen molar-refractivity contribution in [2.24, 2.45) is 0 Å². The van der Waals surface area contributed by atoms with Crippen LogP contribution in [0.1, 0.15) is 20.3 Å². The molecule has 6 heteroatoms. The highest BCUT2D eigenvalue weighted by Crippen LogP contribution is 2.13. The molecule has 90 valence electrons. The van der Waals surface area contributed by atoms with Crippen LogP contribution in [0.3, 0.4) is 0 Å². The number of aromatic amines is 1. The number of pyridine rings is 1. The van der Waals surface area contributed by atoms with Gasteiger partial charge in [-0.15, -0.1) is 0 Å². The van der Waals surface area contributed by atoms with Gasteiger partial charge < -0.3 is 4.98 Å². The molecule has 0 saturated carbocycles. The number of nitrogens with zero attached hydrogens (tertiary/aromatic N) is 1. The van der Waals surface area contributed by atoms with E-state index >= 15 is 0 Å². The Kier molecular flexibility index (Phi) is 4.26. The summed E-state index contributed by atoms with van der Waals surface area (Å²) >= 11 is 0. The van der Waals surface area contributed by atoms with Crippen LogP contribution in [-0.4, -0.2) is 30.8 Å². The van der Waals surface area contributed by atoms with Gasteiger partial charge in [-0.1, -0.05) is 13.8 Å². The average Bonchev–Trinajstić information content (AvgIpc) is 2.26. The Hall–Kier alpha value is -1.14. The van der Waals surface area contributed by atoms with Crippen LogP contribution in [0.4, 0.5) is 0 Å². The van der Waals surface area contributed by atoms with E-state index in [2.05, 4.69) is 4.98 Å². The smallest absolute Gasteiger partial charge is 0.247 e. The average molecular weight is 244 g/mol. The first-order valence-electron chi connectivity index (χ1n) is 5.21. The zero-order valence-electron chi connectivity index (χ0n) is 9.43. The molecule has 0 aromatic carbocycles. The molecule has 1 aromatic heterocycles. The predicted molar refractivity (Wildman–Crippen MR) is 61.8 cm³/mol. The SMILES string of the molecule is CCCN(CC)S(=O)(=O)c1ccc(=O)[nH]c1. The number of sulfonamides is 1. The van der Waals surface area contributed by atoms with E-state index in [1.807, 2.05) is 6.92 Å². The number of nitrogens with one attached hydrogen (secondary N) is 1. The standard InChI is InChI=1S/C10H16N2O3S/c1-3-7-12(4-2)16(14,15)9-5-6-10(13)11-8-9/h5-6,8H,3-4,7H2,1-2H3,(H,11,13). The van der Waals surface area contributed by atoms with Gasteiger partial charge in [0.05, 0.1) is 4.90 Å². The van der Waals surface area contributed by atoms with E-state index in [-0.39, 0.29) is 10.5 Å². The third-order valence-electron chi connectivity index (χ3n) is 2.22. The molecule has 1 heterocycles. The zero-order chi connectivity index (χ0) is 12.2. The van der Waals surface area contributed by atoms with Crippen molar-refractivity contribution >= 4 is 10.0 Å². The van der Waals surface area contributed by atoms with Crippen LogP contribution in [0.25, 0.3) is 0 Å². The second kappa shape index (κ2) is 5.27. The molecule has 0 aliphatic heterocycles. The lowest BCUT2D eigenvalue weighted by atomic mass is 10.5. The van der Waals surface area contributed by atoms with E-state index in [9.17, 15) is 13.2 Å². The van der Waals surface area contributed by atoms with Crippen LogP contribution in [0.5, 0.6) is 0 Å². The summed E-state index contributed by atoms with van der Waals surface area (Å²) in [5.41, 5.74) is -0.308.